The molecule has 1 N–H and O–H groups in total. The summed E-state index contributed by atoms with van der Waals surface area (Å²) in [5.41, 5.74) is 1.62. The maximum Gasteiger partial charge on any atom is 0.416 e. The van der Waals surface area contributed by atoms with E-state index in [1.54, 1.807) is 0 Å². The number of hydrogen-bond acceptors (Lipinski definition) is 4. The lowest BCUT2D eigenvalue weighted by molar-refractivity contribution is -0.137. The zero-order valence-electron chi connectivity index (χ0n) is 14.7. The van der Waals surface area contributed by atoms with Crippen LogP contribution < -0.4 is 5.32 Å². The Hall–Kier alpha value is -3.22. The molecule has 0 bridgehead atoms. The fourth-order valence-electron chi connectivity index (χ4n) is 3.37. The molecule has 0 aliphatic heterocycles. The average molecular weight is 383 g/mol. The number of benzene rings is 2. The smallest absolute Gasteiger partial charge is 0.324 e. The van der Waals surface area contributed by atoms with Crippen LogP contribution in [0, 0.1) is 0 Å². The number of Topliss-reactive ketones (excluding diaryl/α,β-unsaturated/α-hetero) is 1. The molecule has 28 heavy (non-hydrogen) atoms. The van der Waals surface area contributed by atoms with Crippen LogP contribution in [-0.4, -0.2) is 15.8 Å². The fourth-order valence-corrected chi connectivity index (χ4v) is 3.37. The number of nitrogens with one attached hydrogen (secondary N) is 1. The van der Waals surface area contributed by atoms with Crippen LogP contribution in [0.2, 0.25) is 0 Å². The monoisotopic (exact) mass is 383 g/mol. The molecule has 0 saturated carbocycles. The van der Waals surface area contributed by atoms with Gasteiger partial charge >= 0.3 is 6.18 Å². The first-order valence-corrected chi connectivity index (χ1v) is 8.78. The van der Waals surface area contributed by atoms with E-state index in [2.05, 4.69) is 15.3 Å². The minimum Gasteiger partial charge on any atom is -0.324 e. The Bertz CT molecular complexity index is 1020. The first kappa shape index (κ1) is 18.2. The van der Waals surface area contributed by atoms with E-state index in [0.717, 1.165) is 17.7 Å². The maximum atomic E-state index is 12.9. The van der Waals surface area contributed by atoms with Crippen molar-refractivity contribution >= 4 is 17.4 Å². The van der Waals surface area contributed by atoms with Gasteiger partial charge in [0.1, 0.15) is 0 Å². The number of aromatic nitrogens is 2. The van der Waals surface area contributed by atoms with E-state index in [9.17, 15) is 18.0 Å². The van der Waals surface area contributed by atoms with Gasteiger partial charge in [-0.25, -0.2) is 9.97 Å². The van der Waals surface area contributed by atoms with Gasteiger partial charge in [0, 0.05) is 18.3 Å². The van der Waals surface area contributed by atoms with E-state index >= 15 is 0 Å². The molecule has 4 rings (SSSR count). The number of anilines is 2. The highest BCUT2D eigenvalue weighted by Crippen LogP contribution is 2.33. The van der Waals surface area contributed by atoms with Gasteiger partial charge in [-0.15, -0.1) is 0 Å². The van der Waals surface area contributed by atoms with Gasteiger partial charge < -0.3 is 5.32 Å². The largest absolute Gasteiger partial charge is 0.416 e. The molecule has 7 heteroatoms. The van der Waals surface area contributed by atoms with Crippen LogP contribution >= 0.6 is 0 Å². The maximum absolute atomic E-state index is 12.9. The summed E-state index contributed by atoms with van der Waals surface area (Å²) >= 11 is 0. The lowest BCUT2D eigenvalue weighted by atomic mass is 9.82. The topological polar surface area (TPSA) is 54.9 Å². The number of carbonyl (C=O) groups excluding carboxylic acids is 1. The minimum absolute atomic E-state index is 0.0255. The Morgan fingerprint density at radius 1 is 1.00 bits per heavy atom. The molecule has 0 amide bonds. The second kappa shape index (κ2) is 7.07. The van der Waals surface area contributed by atoms with Crippen LogP contribution in [0.25, 0.3) is 0 Å². The van der Waals surface area contributed by atoms with Crippen LogP contribution in [0.1, 0.15) is 39.5 Å². The number of nitrogens with zero attached hydrogens (tertiary/aromatic N) is 2. The molecule has 4 nitrogen and oxygen atoms in total. The van der Waals surface area contributed by atoms with Crippen molar-refractivity contribution in [2.75, 3.05) is 5.32 Å². The van der Waals surface area contributed by atoms with Gasteiger partial charge in [-0.2, -0.15) is 13.2 Å². The highest BCUT2D eigenvalue weighted by molar-refractivity contribution is 5.98. The molecule has 0 unspecified atom stereocenters. The first-order valence-electron chi connectivity index (χ1n) is 8.78. The predicted molar refractivity (Wildman–Crippen MR) is 98.6 cm³/mol. The standard InChI is InChI=1S/C21H16F3N3O/c22-21(23,24)15-7-4-8-16(11-15)26-20-25-12-17-18(27-20)9-14(10-19(17)28)13-5-2-1-3-6-13/h1-8,11-12,14H,9-10H2,(H,25,26,27)/t14-/m0/s1. The molecule has 1 atom stereocenters. The quantitative estimate of drug-likeness (QED) is 0.679. The third-order valence-corrected chi connectivity index (χ3v) is 4.76. The van der Waals surface area contributed by atoms with Crippen molar-refractivity contribution in [3.8, 4) is 0 Å². The Balaban J connectivity index is 1.60. The zero-order chi connectivity index (χ0) is 19.7. The van der Waals surface area contributed by atoms with Gasteiger partial charge in [-0.3, -0.25) is 4.79 Å². The molecule has 0 fully saturated rings. The number of alkyl halides is 3. The van der Waals surface area contributed by atoms with Crippen molar-refractivity contribution in [1.29, 1.82) is 0 Å². The van der Waals surface area contributed by atoms with Gasteiger partial charge in [-0.05, 0) is 36.1 Å². The molecular weight excluding hydrogens is 367 g/mol. The number of hydrogen-bond donors (Lipinski definition) is 1. The zero-order valence-corrected chi connectivity index (χ0v) is 14.7. The Morgan fingerprint density at radius 3 is 2.54 bits per heavy atom. The Labute approximate surface area is 159 Å². The van der Waals surface area contributed by atoms with Crippen molar-refractivity contribution in [2.45, 2.75) is 24.9 Å². The van der Waals surface area contributed by atoms with Crippen LogP contribution in [0.5, 0.6) is 0 Å². The van der Waals surface area contributed by atoms with E-state index in [1.165, 1.54) is 18.3 Å². The molecule has 3 aromatic rings. The lowest BCUT2D eigenvalue weighted by Gasteiger charge is -2.23. The van der Waals surface area contributed by atoms with Gasteiger partial charge in [-0.1, -0.05) is 36.4 Å². The summed E-state index contributed by atoms with van der Waals surface area (Å²) < 4.78 is 38.6. The van der Waals surface area contributed by atoms with Crippen molar-refractivity contribution in [3.63, 3.8) is 0 Å². The van der Waals surface area contributed by atoms with Gasteiger partial charge in [0.2, 0.25) is 5.95 Å². The van der Waals surface area contributed by atoms with Gasteiger partial charge in [0.15, 0.2) is 5.78 Å². The van der Waals surface area contributed by atoms with E-state index in [0.29, 0.717) is 24.1 Å². The molecular formula is C21H16F3N3O. The average Bonchev–Trinajstić information content (AvgIpc) is 2.68. The number of rotatable bonds is 3. The molecule has 142 valence electrons. The van der Waals surface area contributed by atoms with Gasteiger partial charge in [0.25, 0.3) is 0 Å². The summed E-state index contributed by atoms with van der Waals surface area (Å²) in [5.74, 6) is 0.165. The molecule has 1 aromatic heterocycles. The first-order chi connectivity index (χ1) is 13.4. The SMILES string of the molecule is O=C1C[C@@H](c2ccccc2)Cc2nc(Nc3cccc(C(F)(F)F)c3)ncc21. The summed E-state index contributed by atoms with van der Waals surface area (Å²) in [7, 11) is 0. The second-order valence-electron chi connectivity index (χ2n) is 6.70. The molecule has 2 aromatic carbocycles. The molecule has 1 aliphatic carbocycles. The second-order valence-corrected chi connectivity index (χ2v) is 6.70. The number of ketones is 1. The van der Waals surface area contributed by atoms with E-state index in [4.69, 9.17) is 0 Å². The number of carbonyl (C=O) groups is 1. The van der Waals surface area contributed by atoms with Crippen LogP contribution in [0.15, 0.2) is 60.8 Å². The predicted octanol–water partition coefficient (Wildman–Crippen LogP) is 5.15. The van der Waals surface area contributed by atoms with E-state index < -0.39 is 11.7 Å². The van der Waals surface area contributed by atoms with Crippen LogP contribution in [-0.2, 0) is 12.6 Å². The fraction of sp³-hybridized carbons (Fsp3) is 0.190. The Kier molecular flexibility index (Phi) is 4.58. The number of halogens is 3. The molecule has 0 radical (unpaired) electrons. The van der Waals surface area contributed by atoms with E-state index in [1.807, 2.05) is 30.3 Å². The van der Waals surface area contributed by atoms with Crippen LogP contribution in [0.3, 0.4) is 0 Å². The van der Waals surface area contributed by atoms with Crippen molar-refractivity contribution in [2.24, 2.45) is 0 Å². The van der Waals surface area contributed by atoms with Crippen molar-refractivity contribution in [3.05, 3.63) is 83.2 Å². The van der Waals surface area contributed by atoms with E-state index in [-0.39, 0.29) is 23.3 Å². The summed E-state index contributed by atoms with van der Waals surface area (Å²) in [6.07, 6.45) is -2.02. The van der Waals surface area contributed by atoms with Crippen LogP contribution in [0.4, 0.5) is 24.8 Å². The molecule has 1 aliphatic rings. The lowest BCUT2D eigenvalue weighted by Crippen LogP contribution is -2.21. The van der Waals surface area contributed by atoms with Crippen molar-refractivity contribution < 1.29 is 18.0 Å². The normalized spacial score (nSPS) is 16.5. The molecule has 1 heterocycles. The molecule has 0 spiro atoms. The summed E-state index contributed by atoms with van der Waals surface area (Å²) in [6, 6.07) is 14.6. The highest BCUT2D eigenvalue weighted by atomic mass is 19.4. The third kappa shape index (κ3) is 3.74. The highest BCUT2D eigenvalue weighted by Gasteiger charge is 2.31. The summed E-state index contributed by atoms with van der Waals surface area (Å²) in [4.78, 5) is 21.0. The third-order valence-electron chi connectivity index (χ3n) is 4.76. The summed E-state index contributed by atoms with van der Waals surface area (Å²) in [6.45, 7) is 0. The Morgan fingerprint density at radius 2 is 1.79 bits per heavy atom. The van der Waals surface area contributed by atoms with Crippen molar-refractivity contribution in [1.82, 2.24) is 9.97 Å². The van der Waals surface area contributed by atoms with Gasteiger partial charge in [0.05, 0.1) is 16.8 Å². The summed E-state index contributed by atoms with van der Waals surface area (Å²) in [5, 5.41) is 2.80. The minimum atomic E-state index is -4.43. The number of fused-ring (bicyclic) bond motifs is 1. The molecule has 0 saturated heterocycles.